The summed E-state index contributed by atoms with van der Waals surface area (Å²) in [6.07, 6.45) is -3.47. The molecule has 0 aliphatic heterocycles. The van der Waals surface area contributed by atoms with Gasteiger partial charge in [-0.05, 0) is 46.3 Å². The van der Waals surface area contributed by atoms with Crippen LogP contribution in [0.3, 0.4) is 0 Å². The van der Waals surface area contributed by atoms with Crippen molar-refractivity contribution in [1.82, 2.24) is 20.1 Å². The Labute approximate surface area is 185 Å². The zero-order valence-corrected chi connectivity index (χ0v) is 17.5. The number of aromatic nitrogens is 3. The summed E-state index contributed by atoms with van der Waals surface area (Å²) < 4.78 is 53.1. The highest BCUT2D eigenvalue weighted by atomic mass is 79.9. The number of carbonyl (C=O) groups is 2. The second-order valence-corrected chi connectivity index (χ2v) is 7.22. The fraction of sp³-hybridized carbons (Fsp3) is 0.111. The van der Waals surface area contributed by atoms with Crippen LogP contribution < -0.4 is 10.6 Å². The molecule has 0 radical (unpaired) electrons. The van der Waals surface area contributed by atoms with Gasteiger partial charge in [0.1, 0.15) is 16.1 Å². The topological polar surface area (TPSA) is 88.9 Å². The Balaban J connectivity index is 1.70. The van der Waals surface area contributed by atoms with E-state index in [1.807, 2.05) is 0 Å². The van der Waals surface area contributed by atoms with Gasteiger partial charge in [-0.2, -0.15) is 18.3 Å². The molecule has 0 unspecified atom stereocenters. The Morgan fingerprint density at radius 3 is 2.61 bits per heavy atom. The standard InChI is InChI=1S/C18H11BrClF4N5O2/c19-14-7-13(29(28-14)16-11(20)2-1-5-25-16)17(31)26-8-15(30)27-9-3-4-12(21)10(6-9)18(22,23)24/h1-7H,8H2,(H,26,31)(H,27,30). The van der Waals surface area contributed by atoms with Crippen molar-refractivity contribution in [1.29, 1.82) is 0 Å². The SMILES string of the molecule is O=C(CNC(=O)c1cc(Br)nn1-c1ncccc1Cl)Nc1ccc(F)c(C(F)(F)F)c1. The molecule has 0 aliphatic rings. The molecular formula is C18H11BrClF4N5O2. The summed E-state index contributed by atoms with van der Waals surface area (Å²) in [6.45, 7) is -0.573. The van der Waals surface area contributed by atoms with E-state index in [-0.39, 0.29) is 22.2 Å². The number of alkyl halides is 3. The number of benzene rings is 1. The van der Waals surface area contributed by atoms with E-state index in [4.69, 9.17) is 11.6 Å². The van der Waals surface area contributed by atoms with Crippen molar-refractivity contribution < 1.29 is 27.2 Å². The summed E-state index contributed by atoms with van der Waals surface area (Å²) in [7, 11) is 0. The summed E-state index contributed by atoms with van der Waals surface area (Å²) in [5, 5.41) is 8.79. The van der Waals surface area contributed by atoms with Gasteiger partial charge in [-0.1, -0.05) is 11.6 Å². The zero-order valence-electron chi connectivity index (χ0n) is 15.2. The minimum Gasteiger partial charge on any atom is -0.342 e. The summed E-state index contributed by atoms with van der Waals surface area (Å²) in [5.74, 6) is -2.83. The average molecular weight is 521 g/mol. The summed E-state index contributed by atoms with van der Waals surface area (Å²) in [5.41, 5.74) is -1.79. The first-order valence-electron chi connectivity index (χ1n) is 8.37. The van der Waals surface area contributed by atoms with Crippen molar-refractivity contribution in [2.75, 3.05) is 11.9 Å². The summed E-state index contributed by atoms with van der Waals surface area (Å²) in [4.78, 5) is 28.6. The number of rotatable bonds is 5. The smallest absolute Gasteiger partial charge is 0.342 e. The highest BCUT2D eigenvalue weighted by Gasteiger charge is 2.34. The molecule has 3 rings (SSSR count). The third-order valence-corrected chi connectivity index (χ3v) is 4.50. The quantitative estimate of drug-likeness (QED) is 0.494. The third kappa shape index (κ3) is 5.39. The van der Waals surface area contributed by atoms with Gasteiger partial charge in [0.25, 0.3) is 5.91 Å². The number of hydrogen-bond acceptors (Lipinski definition) is 4. The largest absolute Gasteiger partial charge is 0.419 e. The van der Waals surface area contributed by atoms with Crippen LogP contribution >= 0.6 is 27.5 Å². The van der Waals surface area contributed by atoms with Crippen LogP contribution in [0.15, 0.2) is 47.2 Å². The molecule has 0 bridgehead atoms. The first-order chi connectivity index (χ1) is 14.6. The number of pyridine rings is 1. The van der Waals surface area contributed by atoms with E-state index < -0.39 is 35.9 Å². The van der Waals surface area contributed by atoms with Gasteiger partial charge in [-0.15, -0.1) is 0 Å². The molecule has 3 aromatic rings. The van der Waals surface area contributed by atoms with Crippen LogP contribution in [0.5, 0.6) is 0 Å². The minimum atomic E-state index is -4.92. The molecule has 31 heavy (non-hydrogen) atoms. The zero-order chi connectivity index (χ0) is 22.8. The van der Waals surface area contributed by atoms with Crippen molar-refractivity contribution in [3.63, 3.8) is 0 Å². The van der Waals surface area contributed by atoms with Gasteiger partial charge in [-0.25, -0.2) is 14.1 Å². The van der Waals surface area contributed by atoms with Gasteiger partial charge >= 0.3 is 6.18 Å². The fourth-order valence-corrected chi connectivity index (χ4v) is 3.06. The highest BCUT2D eigenvalue weighted by molar-refractivity contribution is 9.10. The van der Waals surface area contributed by atoms with Gasteiger partial charge in [-0.3, -0.25) is 9.59 Å². The molecular weight excluding hydrogens is 510 g/mol. The normalized spacial score (nSPS) is 11.3. The molecule has 1 aromatic carbocycles. The lowest BCUT2D eigenvalue weighted by atomic mass is 10.2. The Morgan fingerprint density at radius 1 is 1.19 bits per heavy atom. The van der Waals surface area contributed by atoms with Crippen LogP contribution in [-0.4, -0.2) is 33.1 Å². The molecule has 2 N–H and O–H groups in total. The summed E-state index contributed by atoms with van der Waals surface area (Å²) >= 11 is 9.22. The number of anilines is 1. The predicted molar refractivity (Wildman–Crippen MR) is 106 cm³/mol. The van der Waals surface area contributed by atoms with Crippen molar-refractivity contribution in [2.24, 2.45) is 0 Å². The minimum absolute atomic E-state index is 0.00131. The number of halogens is 6. The maximum atomic E-state index is 13.3. The molecule has 0 fully saturated rings. The maximum Gasteiger partial charge on any atom is 0.419 e. The van der Waals surface area contributed by atoms with E-state index in [1.165, 1.54) is 12.3 Å². The number of amides is 2. The average Bonchev–Trinajstić information content (AvgIpc) is 3.08. The number of hydrogen-bond donors (Lipinski definition) is 2. The van der Waals surface area contributed by atoms with Gasteiger partial charge in [0.05, 0.1) is 17.1 Å². The Hall–Kier alpha value is -2.99. The van der Waals surface area contributed by atoms with Gasteiger partial charge in [0, 0.05) is 18.0 Å². The van der Waals surface area contributed by atoms with Gasteiger partial charge in [0.2, 0.25) is 5.91 Å². The monoisotopic (exact) mass is 519 g/mol. The molecule has 0 atom stereocenters. The highest BCUT2D eigenvalue weighted by Crippen LogP contribution is 2.33. The number of carbonyl (C=O) groups excluding carboxylic acids is 2. The number of nitrogens with one attached hydrogen (secondary N) is 2. The van der Waals surface area contributed by atoms with Crippen molar-refractivity contribution in [3.05, 3.63) is 69.3 Å². The number of nitrogens with zero attached hydrogens (tertiary/aromatic N) is 3. The van der Waals surface area contributed by atoms with Crippen molar-refractivity contribution in [3.8, 4) is 5.82 Å². The Kier molecular flexibility index (Phi) is 6.60. The van der Waals surface area contributed by atoms with Crippen molar-refractivity contribution in [2.45, 2.75) is 6.18 Å². The molecule has 2 heterocycles. The van der Waals surface area contributed by atoms with E-state index in [9.17, 15) is 27.2 Å². The van der Waals surface area contributed by atoms with E-state index >= 15 is 0 Å². The van der Waals surface area contributed by atoms with Gasteiger partial charge in [0.15, 0.2) is 5.82 Å². The molecule has 0 saturated carbocycles. The molecule has 7 nitrogen and oxygen atoms in total. The maximum absolute atomic E-state index is 13.3. The lowest BCUT2D eigenvalue weighted by Crippen LogP contribution is -2.34. The molecule has 0 aliphatic carbocycles. The molecule has 13 heteroatoms. The van der Waals surface area contributed by atoms with Crippen LogP contribution in [0.2, 0.25) is 5.02 Å². The molecule has 2 aromatic heterocycles. The van der Waals surface area contributed by atoms with Gasteiger partial charge < -0.3 is 10.6 Å². The molecule has 0 saturated heterocycles. The predicted octanol–water partition coefficient (Wildman–Crippen LogP) is 4.21. The fourth-order valence-electron chi connectivity index (χ4n) is 2.49. The van der Waals surface area contributed by atoms with Crippen LogP contribution in [-0.2, 0) is 11.0 Å². The second-order valence-electron chi connectivity index (χ2n) is 6.00. The van der Waals surface area contributed by atoms with Crippen LogP contribution in [0.4, 0.5) is 23.2 Å². The van der Waals surface area contributed by atoms with E-state index in [1.54, 1.807) is 12.1 Å². The molecule has 162 valence electrons. The van der Waals surface area contributed by atoms with Crippen LogP contribution in [0.25, 0.3) is 5.82 Å². The molecule has 0 spiro atoms. The summed E-state index contributed by atoms with van der Waals surface area (Å²) in [6, 6.07) is 6.53. The van der Waals surface area contributed by atoms with Crippen molar-refractivity contribution >= 4 is 45.0 Å². The Morgan fingerprint density at radius 2 is 1.94 bits per heavy atom. The van der Waals surface area contributed by atoms with E-state index in [0.29, 0.717) is 16.7 Å². The van der Waals surface area contributed by atoms with E-state index in [2.05, 4.69) is 36.6 Å². The first-order valence-corrected chi connectivity index (χ1v) is 9.54. The second kappa shape index (κ2) is 9.02. The lowest BCUT2D eigenvalue weighted by molar-refractivity contribution is -0.140. The lowest BCUT2D eigenvalue weighted by Gasteiger charge is -2.12. The van der Waals surface area contributed by atoms with Crippen LogP contribution in [0.1, 0.15) is 16.1 Å². The van der Waals surface area contributed by atoms with Crippen LogP contribution in [0, 0.1) is 5.82 Å². The van der Waals surface area contributed by atoms with E-state index in [0.717, 1.165) is 10.7 Å². The molecule has 2 amide bonds. The third-order valence-electron chi connectivity index (χ3n) is 3.82. The first kappa shape index (κ1) is 22.7. The Bertz CT molecular complexity index is 1150.